The third kappa shape index (κ3) is 3.29. The zero-order valence-corrected chi connectivity index (χ0v) is 5.94. The monoisotopic (exact) mass is 175 g/mol. The molecule has 10 heavy (non-hydrogen) atoms. The highest BCUT2D eigenvalue weighted by Gasteiger charge is 2.40. The summed E-state index contributed by atoms with van der Waals surface area (Å²) in [4.78, 5) is 0. The van der Waals surface area contributed by atoms with Crippen molar-refractivity contribution in [3.8, 4) is 0 Å². The first-order valence-electron chi connectivity index (χ1n) is 2.60. The first-order chi connectivity index (χ1) is 4.50. The van der Waals surface area contributed by atoms with E-state index in [1.165, 1.54) is 0 Å². The third-order valence-corrected chi connectivity index (χ3v) is 1.75. The lowest BCUT2D eigenvalue weighted by Gasteiger charge is -2.12. The topological polar surface area (TPSA) is 0 Å². The van der Waals surface area contributed by atoms with Gasteiger partial charge in [0.2, 0.25) is 0 Å². The Morgan fingerprint density at radius 2 is 1.90 bits per heavy atom. The van der Waals surface area contributed by atoms with Crippen LogP contribution in [0.4, 0.5) is 17.6 Å². The molecule has 0 saturated heterocycles. The largest absolute Gasteiger partial charge is 0.353 e. The fraction of sp³-hybridized carbons (Fsp3) is 0.800. The van der Waals surface area contributed by atoms with Gasteiger partial charge in [0.05, 0.1) is 0 Å². The molecule has 0 amide bonds. The summed E-state index contributed by atoms with van der Waals surface area (Å²) in [5, 5.41) is -3.91. The molecule has 5 heteroatoms. The molecule has 0 atom stereocenters. The molecule has 0 heterocycles. The average molecular weight is 175 g/mol. The standard InChI is InChI=1S/C5H7F4S/c1-2-3-10-5(8,9)4(6)7/h4H,1-3H2. The lowest BCUT2D eigenvalue weighted by atomic mass is 10.6. The Kier molecular flexibility index (Phi) is 4.08. The molecule has 0 aliphatic heterocycles. The SMILES string of the molecule is [CH2]CCSC(F)(F)C(F)F. The van der Waals surface area contributed by atoms with Gasteiger partial charge in [-0.2, -0.15) is 8.78 Å². The van der Waals surface area contributed by atoms with Crippen LogP contribution >= 0.6 is 11.8 Å². The van der Waals surface area contributed by atoms with Gasteiger partial charge in [-0.25, -0.2) is 8.78 Å². The Hall–Kier alpha value is 0.0700. The van der Waals surface area contributed by atoms with Gasteiger partial charge in [0.1, 0.15) is 0 Å². The van der Waals surface area contributed by atoms with E-state index in [1.807, 2.05) is 0 Å². The van der Waals surface area contributed by atoms with Crippen LogP contribution in [0.2, 0.25) is 0 Å². The maximum Gasteiger partial charge on any atom is 0.353 e. The fourth-order valence-corrected chi connectivity index (χ4v) is 0.814. The van der Waals surface area contributed by atoms with E-state index in [9.17, 15) is 17.6 Å². The van der Waals surface area contributed by atoms with E-state index in [0.29, 0.717) is 0 Å². The van der Waals surface area contributed by atoms with Crippen molar-refractivity contribution in [2.24, 2.45) is 0 Å². The molecule has 0 aliphatic rings. The lowest BCUT2D eigenvalue weighted by Crippen LogP contribution is -2.22. The highest BCUT2D eigenvalue weighted by molar-refractivity contribution is 8.00. The van der Waals surface area contributed by atoms with E-state index < -0.39 is 11.7 Å². The van der Waals surface area contributed by atoms with Gasteiger partial charge in [0.25, 0.3) is 0 Å². The number of halogens is 4. The fourth-order valence-electron chi connectivity index (χ4n) is 0.271. The second kappa shape index (κ2) is 4.05. The molecule has 0 rings (SSSR count). The summed E-state index contributed by atoms with van der Waals surface area (Å²) < 4.78 is 46.5. The van der Waals surface area contributed by atoms with E-state index >= 15 is 0 Å². The molecular weight excluding hydrogens is 168 g/mol. The zero-order valence-electron chi connectivity index (χ0n) is 5.12. The summed E-state index contributed by atoms with van der Waals surface area (Å²) in [5.41, 5.74) is 0. The zero-order chi connectivity index (χ0) is 8.20. The van der Waals surface area contributed by atoms with Crippen molar-refractivity contribution in [2.75, 3.05) is 5.75 Å². The van der Waals surface area contributed by atoms with Crippen molar-refractivity contribution in [2.45, 2.75) is 18.1 Å². The second-order valence-electron chi connectivity index (χ2n) is 1.56. The molecule has 0 nitrogen and oxygen atoms in total. The smallest absolute Gasteiger partial charge is 0.202 e. The van der Waals surface area contributed by atoms with Gasteiger partial charge in [0, 0.05) is 0 Å². The van der Waals surface area contributed by atoms with Crippen molar-refractivity contribution < 1.29 is 17.6 Å². The van der Waals surface area contributed by atoms with E-state index in [2.05, 4.69) is 6.92 Å². The third-order valence-electron chi connectivity index (χ3n) is 0.693. The summed E-state index contributed by atoms with van der Waals surface area (Å²) in [6, 6.07) is 0. The van der Waals surface area contributed by atoms with Gasteiger partial charge in [-0.15, -0.1) is 0 Å². The summed E-state index contributed by atoms with van der Waals surface area (Å²) >= 11 is -0.0590. The predicted octanol–water partition coefficient (Wildman–Crippen LogP) is 2.80. The molecular formula is C5H7F4S. The van der Waals surface area contributed by atoms with Gasteiger partial charge < -0.3 is 0 Å². The number of thioether (sulfide) groups is 1. The number of hydrogen-bond acceptors (Lipinski definition) is 1. The Morgan fingerprint density at radius 1 is 1.40 bits per heavy atom. The lowest BCUT2D eigenvalue weighted by molar-refractivity contribution is -0.0563. The number of alkyl halides is 4. The summed E-state index contributed by atoms with van der Waals surface area (Å²) in [7, 11) is 0. The Balaban J connectivity index is 3.63. The minimum Gasteiger partial charge on any atom is -0.202 e. The molecule has 1 radical (unpaired) electrons. The Morgan fingerprint density at radius 3 is 2.20 bits per heavy atom. The van der Waals surface area contributed by atoms with Gasteiger partial charge in [-0.3, -0.25) is 0 Å². The van der Waals surface area contributed by atoms with Gasteiger partial charge >= 0.3 is 11.7 Å². The van der Waals surface area contributed by atoms with Crippen molar-refractivity contribution in [3.63, 3.8) is 0 Å². The van der Waals surface area contributed by atoms with Crippen LogP contribution in [0.5, 0.6) is 0 Å². The van der Waals surface area contributed by atoms with Crippen LogP contribution in [0.25, 0.3) is 0 Å². The first kappa shape index (κ1) is 10.1. The van der Waals surface area contributed by atoms with Crippen LogP contribution in [-0.2, 0) is 0 Å². The highest BCUT2D eigenvalue weighted by atomic mass is 32.2. The van der Waals surface area contributed by atoms with Crippen LogP contribution in [0.3, 0.4) is 0 Å². The van der Waals surface area contributed by atoms with Crippen LogP contribution < -0.4 is 0 Å². The summed E-state index contributed by atoms with van der Waals surface area (Å²) in [6.07, 6.45) is -3.35. The molecule has 0 bridgehead atoms. The molecule has 0 unspecified atom stereocenters. The second-order valence-corrected chi connectivity index (χ2v) is 2.81. The van der Waals surface area contributed by atoms with Crippen LogP contribution in [-0.4, -0.2) is 17.4 Å². The number of rotatable bonds is 4. The Bertz CT molecular complexity index is 93.6. The maximum absolute atomic E-state index is 11.9. The molecule has 0 saturated carbocycles. The maximum atomic E-state index is 11.9. The van der Waals surface area contributed by atoms with E-state index in [0.717, 1.165) is 0 Å². The summed E-state index contributed by atoms with van der Waals surface area (Å²) in [5.74, 6) is -0.0443. The minimum absolute atomic E-state index is 0.0443. The molecule has 0 N–H and O–H groups in total. The molecule has 0 aromatic carbocycles. The van der Waals surface area contributed by atoms with Crippen LogP contribution in [0.15, 0.2) is 0 Å². The van der Waals surface area contributed by atoms with Gasteiger partial charge in [-0.05, 0) is 12.2 Å². The van der Waals surface area contributed by atoms with Crippen molar-refractivity contribution in [1.29, 1.82) is 0 Å². The molecule has 0 fully saturated rings. The molecule has 0 aromatic heterocycles. The quantitative estimate of drug-likeness (QED) is 0.592. The van der Waals surface area contributed by atoms with Crippen molar-refractivity contribution >= 4 is 11.8 Å². The van der Waals surface area contributed by atoms with Crippen molar-refractivity contribution in [1.82, 2.24) is 0 Å². The summed E-state index contributed by atoms with van der Waals surface area (Å²) in [6.45, 7) is 3.25. The first-order valence-corrected chi connectivity index (χ1v) is 3.58. The highest BCUT2D eigenvalue weighted by Crippen LogP contribution is 2.35. The predicted molar refractivity (Wildman–Crippen MR) is 33.4 cm³/mol. The van der Waals surface area contributed by atoms with Crippen molar-refractivity contribution in [3.05, 3.63) is 6.92 Å². The molecule has 0 aromatic rings. The van der Waals surface area contributed by atoms with Gasteiger partial charge in [0.15, 0.2) is 0 Å². The normalized spacial score (nSPS) is 12.6. The molecule has 0 spiro atoms. The van der Waals surface area contributed by atoms with Gasteiger partial charge in [-0.1, -0.05) is 18.7 Å². The van der Waals surface area contributed by atoms with E-state index in [-0.39, 0.29) is 23.9 Å². The number of hydrogen-bond donors (Lipinski definition) is 0. The Labute approximate surface area is 61.0 Å². The van der Waals surface area contributed by atoms with E-state index in [4.69, 9.17) is 0 Å². The minimum atomic E-state index is -3.91. The molecule has 61 valence electrons. The van der Waals surface area contributed by atoms with Crippen LogP contribution in [0, 0.1) is 6.92 Å². The molecule has 0 aliphatic carbocycles. The van der Waals surface area contributed by atoms with Crippen LogP contribution in [0.1, 0.15) is 6.42 Å². The van der Waals surface area contributed by atoms with E-state index in [1.54, 1.807) is 0 Å². The average Bonchev–Trinajstić information content (AvgIpc) is 1.84.